The predicted molar refractivity (Wildman–Crippen MR) is 119 cm³/mol. The molecule has 0 bridgehead atoms. The van der Waals surface area contributed by atoms with E-state index >= 15 is 0 Å². The summed E-state index contributed by atoms with van der Waals surface area (Å²) >= 11 is 0. The van der Waals surface area contributed by atoms with Crippen LogP contribution in [0.15, 0.2) is 53.5 Å². The number of benzene rings is 2. The molecule has 1 saturated heterocycles. The predicted octanol–water partition coefficient (Wildman–Crippen LogP) is 2.41. The Kier molecular flexibility index (Phi) is 8.20. The molecule has 1 fully saturated rings. The van der Waals surface area contributed by atoms with Gasteiger partial charge in [0.05, 0.1) is 0 Å². The minimum Gasteiger partial charge on any atom is -0.368 e. The van der Waals surface area contributed by atoms with Gasteiger partial charge in [0.25, 0.3) is 0 Å². The Labute approximate surface area is 182 Å². The molecule has 2 aromatic carbocycles. The Morgan fingerprint density at radius 1 is 0.968 bits per heavy atom. The van der Waals surface area contributed by atoms with Gasteiger partial charge in [-0.25, -0.2) is 8.78 Å². The van der Waals surface area contributed by atoms with Crippen LogP contribution in [0.5, 0.6) is 0 Å². The van der Waals surface area contributed by atoms with Crippen LogP contribution in [0.1, 0.15) is 12.0 Å². The number of amides is 1. The molecule has 0 aliphatic carbocycles. The fourth-order valence-electron chi connectivity index (χ4n) is 3.55. The van der Waals surface area contributed by atoms with E-state index in [4.69, 9.17) is 0 Å². The van der Waals surface area contributed by atoms with Gasteiger partial charge in [0.1, 0.15) is 11.6 Å². The van der Waals surface area contributed by atoms with E-state index in [-0.39, 0.29) is 17.5 Å². The van der Waals surface area contributed by atoms with Gasteiger partial charge in [0.15, 0.2) is 5.96 Å². The topological polar surface area (TPSA) is 60.0 Å². The highest BCUT2D eigenvalue weighted by Gasteiger charge is 2.21. The molecule has 0 atom stereocenters. The summed E-state index contributed by atoms with van der Waals surface area (Å²) in [7, 11) is 1.67. The fraction of sp³-hybridized carbons (Fsp3) is 0.391. The number of rotatable bonds is 7. The summed E-state index contributed by atoms with van der Waals surface area (Å²) in [4.78, 5) is 20.7. The third-order valence-electron chi connectivity index (χ3n) is 5.27. The van der Waals surface area contributed by atoms with Crippen LogP contribution in [0.3, 0.4) is 0 Å². The van der Waals surface area contributed by atoms with Gasteiger partial charge in [0.2, 0.25) is 5.91 Å². The zero-order valence-electron chi connectivity index (χ0n) is 17.8. The van der Waals surface area contributed by atoms with Crippen molar-refractivity contribution in [2.75, 3.05) is 51.2 Å². The van der Waals surface area contributed by atoms with Crippen molar-refractivity contribution in [3.63, 3.8) is 0 Å². The first kappa shape index (κ1) is 22.5. The lowest BCUT2D eigenvalue weighted by molar-refractivity contribution is -0.131. The first-order valence-electron chi connectivity index (χ1n) is 10.5. The van der Waals surface area contributed by atoms with Crippen LogP contribution in [0.25, 0.3) is 0 Å². The first-order valence-corrected chi connectivity index (χ1v) is 10.5. The number of aliphatic imine (C=N–C) groups is 1. The Balaban J connectivity index is 1.34. The van der Waals surface area contributed by atoms with Gasteiger partial charge in [-0.3, -0.25) is 9.79 Å². The van der Waals surface area contributed by atoms with Crippen molar-refractivity contribution in [2.24, 2.45) is 4.99 Å². The zero-order chi connectivity index (χ0) is 22.1. The van der Waals surface area contributed by atoms with E-state index in [1.165, 1.54) is 24.3 Å². The summed E-state index contributed by atoms with van der Waals surface area (Å²) in [5.74, 6) is 0.229. The molecule has 1 heterocycles. The maximum Gasteiger partial charge on any atom is 0.224 e. The molecule has 1 aliphatic rings. The molecule has 1 amide bonds. The highest BCUT2D eigenvalue weighted by Crippen LogP contribution is 2.17. The van der Waals surface area contributed by atoms with Crippen molar-refractivity contribution in [3.05, 3.63) is 65.7 Å². The molecule has 0 unspecified atom stereocenters. The molecule has 2 aromatic rings. The smallest absolute Gasteiger partial charge is 0.224 e. The van der Waals surface area contributed by atoms with Crippen molar-refractivity contribution in [1.82, 2.24) is 15.5 Å². The molecule has 0 spiro atoms. The summed E-state index contributed by atoms with van der Waals surface area (Å²) in [5, 5.41) is 6.33. The van der Waals surface area contributed by atoms with Gasteiger partial charge in [-0.05, 0) is 48.4 Å². The normalized spacial score (nSPS) is 14.5. The molecule has 8 heteroatoms. The summed E-state index contributed by atoms with van der Waals surface area (Å²) < 4.78 is 26.3. The molecule has 6 nitrogen and oxygen atoms in total. The van der Waals surface area contributed by atoms with Crippen LogP contribution < -0.4 is 15.5 Å². The van der Waals surface area contributed by atoms with Crippen molar-refractivity contribution in [1.29, 1.82) is 0 Å². The van der Waals surface area contributed by atoms with Crippen LogP contribution in [0, 0.1) is 11.6 Å². The molecule has 0 saturated carbocycles. The average Bonchev–Trinajstić information content (AvgIpc) is 2.78. The molecule has 3 rings (SSSR count). The number of guanidine groups is 1. The van der Waals surface area contributed by atoms with E-state index in [0.717, 1.165) is 24.3 Å². The number of nitrogens with zero attached hydrogens (tertiary/aromatic N) is 3. The van der Waals surface area contributed by atoms with Gasteiger partial charge < -0.3 is 20.4 Å². The summed E-state index contributed by atoms with van der Waals surface area (Å²) in [6, 6.07) is 13.0. The Morgan fingerprint density at radius 3 is 2.35 bits per heavy atom. The Hall–Kier alpha value is -3.16. The molecular formula is C23H29F2N5O. The molecule has 31 heavy (non-hydrogen) atoms. The lowest BCUT2D eigenvalue weighted by atomic mass is 10.1. The number of piperazine rings is 1. The molecule has 0 aromatic heterocycles. The lowest BCUT2D eigenvalue weighted by Crippen LogP contribution is -2.49. The molecule has 1 aliphatic heterocycles. The average molecular weight is 430 g/mol. The summed E-state index contributed by atoms with van der Waals surface area (Å²) in [5.41, 5.74) is 1.89. The number of carbonyl (C=O) groups excluding carboxylic acids is 1. The van der Waals surface area contributed by atoms with E-state index in [0.29, 0.717) is 45.0 Å². The Morgan fingerprint density at radius 2 is 1.68 bits per heavy atom. The van der Waals surface area contributed by atoms with Crippen molar-refractivity contribution < 1.29 is 13.6 Å². The third-order valence-corrected chi connectivity index (χ3v) is 5.27. The Bertz CT molecular complexity index is 880. The minimum atomic E-state index is -0.247. The van der Waals surface area contributed by atoms with E-state index < -0.39 is 0 Å². The van der Waals surface area contributed by atoms with Crippen LogP contribution in [0.4, 0.5) is 14.5 Å². The monoisotopic (exact) mass is 429 g/mol. The SMILES string of the molecule is CN=C(NCCC(=O)N1CCN(c2ccc(F)cc2)CC1)NCCc1cccc(F)c1. The quantitative estimate of drug-likeness (QED) is 0.524. The molecule has 0 radical (unpaired) electrons. The molecule has 166 valence electrons. The number of hydrogen-bond acceptors (Lipinski definition) is 3. The molecule has 2 N–H and O–H groups in total. The summed E-state index contributed by atoms with van der Waals surface area (Å²) in [6.07, 6.45) is 1.05. The largest absolute Gasteiger partial charge is 0.368 e. The number of nitrogens with one attached hydrogen (secondary N) is 2. The number of hydrogen-bond donors (Lipinski definition) is 2. The third kappa shape index (κ3) is 6.94. The highest BCUT2D eigenvalue weighted by atomic mass is 19.1. The van der Waals surface area contributed by atoms with Crippen LogP contribution in [0.2, 0.25) is 0 Å². The van der Waals surface area contributed by atoms with Crippen LogP contribution in [-0.4, -0.2) is 63.1 Å². The second-order valence-electron chi connectivity index (χ2n) is 7.40. The van der Waals surface area contributed by atoms with Crippen molar-refractivity contribution in [2.45, 2.75) is 12.8 Å². The van der Waals surface area contributed by atoms with E-state index in [1.807, 2.05) is 11.0 Å². The van der Waals surface area contributed by atoms with Gasteiger partial charge in [0, 0.05) is 58.4 Å². The van der Waals surface area contributed by atoms with Crippen LogP contribution in [-0.2, 0) is 11.2 Å². The first-order chi connectivity index (χ1) is 15.0. The number of halogens is 2. The fourth-order valence-corrected chi connectivity index (χ4v) is 3.55. The van der Waals surface area contributed by atoms with Crippen molar-refractivity contribution in [3.8, 4) is 0 Å². The lowest BCUT2D eigenvalue weighted by Gasteiger charge is -2.36. The number of carbonyl (C=O) groups is 1. The van der Waals surface area contributed by atoms with Gasteiger partial charge in [-0.15, -0.1) is 0 Å². The van der Waals surface area contributed by atoms with E-state index in [9.17, 15) is 13.6 Å². The summed E-state index contributed by atoms with van der Waals surface area (Å²) in [6.45, 7) is 3.86. The minimum absolute atomic E-state index is 0.0986. The maximum atomic E-state index is 13.2. The maximum absolute atomic E-state index is 13.2. The highest BCUT2D eigenvalue weighted by molar-refractivity contribution is 5.81. The molecular weight excluding hydrogens is 400 g/mol. The van der Waals surface area contributed by atoms with Crippen molar-refractivity contribution >= 4 is 17.6 Å². The van der Waals surface area contributed by atoms with E-state index in [2.05, 4.69) is 20.5 Å². The zero-order valence-corrected chi connectivity index (χ0v) is 17.8. The second-order valence-corrected chi connectivity index (χ2v) is 7.40. The second kappa shape index (κ2) is 11.3. The number of anilines is 1. The van der Waals surface area contributed by atoms with Gasteiger partial charge in [-0.2, -0.15) is 0 Å². The standard InChI is InChI=1S/C23H29F2N5O/c1-26-23(27-11-9-18-3-2-4-20(25)17-18)28-12-10-22(31)30-15-13-29(14-16-30)21-7-5-19(24)6-8-21/h2-8,17H,9-16H2,1H3,(H2,26,27,28). The van der Waals surface area contributed by atoms with Gasteiger partial charge >= 0.3 is 0 Å². The van der Waals surface area contributed by atoms with Gasteiger partial charge in [-0.1, -0.05) is 12.1 Å². The van der Waals surface area contributed by atoms with Crippen LogP contribution >= 0.6 is 0 Å². The van der Waals surface area contributed by atoms with E-state index in [1.54, 1.807) is 25.2 Å².